The van der Waals surface area contributed by atoms with Crippen molar-refractivity contribution >= 4 is 11.6 Å². The molecule has 2 aliphatic rings. The molecule has 1 aliphatic heterocycles. The SMILES string of the molecule is Clc1cc(CCN2CCNCC2)cc(OCC2CC2)c1. The maximum Gasteiger partial charge on any atom is 0.121 e. The van der Waals surface area contributed by atoms with E-state index in [9.17, 15) is 0 Å². The zero-order valence-corrected chi connectivity index (χ0v) is 12.7. The van der Waals surface area contributed by atoms with E-state index in [1.54, 1.807) is 0 Å². The molecule has 0 amide bonds. The Bertz CT molecular complexity index is 442. The van der Waals surface area contributed by atoms with E-state index in [0.29, 0.717) is 0 Å². The normalized spacial score (nSPS) is 20.1. The molecule has 1 saturated carbocycles. The van der Waals surface area contributed by atoms with Crippen LogP contribution >= 0.6 is 11.6 Å². The summed E-state index contributed by atoms with van der Waals surface area (Å²) < 4.78 is 5.84. The van der Waals surface area contributed by atoms with Crippen molar-refractivity contribution in [3.05, 3.63) is 28.8 Å². The van der Waals surface area contributed by atoms with Crippen LogP contribution in [-0.2, 0) is 6.42 Å². The number of hydrogen-bond acceptors (Lipinski definition) is 3. The Hall–Kier alpha value is -0.770. The van der Waals surface area contributed by atoms with Gasteiger partial charge >= 0.3 is 0 Å². The summed E-state index contributed by atoms with van der Waals surface area (Å²) >= 11 is 6.20. The van der Waals surface area contributed by atoms with Crippen molar-refractivity contribution in [2.24, 2.45) is 5.92 Å². The standard InChI is InChI=1S/C16H23ClN2O/c17-15-9-14(3-6-19-7-4-18-5-8-19)10-16(11-15)20-12-13-1-2-13/h9-11,13,18H,1-8,12H2. The van der Waals surface area contributed by atoms with E-state index in [0.717, 1.165) is 62.4 Å². The first-order valence-corrected chi connectivity index (χ1v) is 8.03. The van der Waals surface area contributed by atoms with Crippen molar-refractivity contribution in [1.82, 2.24) is 10.2 Å². The molecule has 20 heavy (non-hydrogen) atoms. The van der Waals surface area contributed by atoms with E-state index in [1.165, 1.54) is 18.4 Å². The number of hydrogen-bond donors (Lipinski definition) is 1. The monoisotopic (exact) mass is 294 g/mol. The summed E-state index contributed by atoms with van der Waals surface area (Å²) in [5.41, 5.74) is 1.28. The average molecular weight is 295 g/mol. The minimum atomic E-state index is 0.776. The topological polar surface area (TPSA) is 24.5 Å². The zero-order chi connectivity index (χ0) is 13.8. The predicted octanol–water partition coefficient (Wildman–Crippen LogP) is 2.58. The summed E-state index contributed by atoms with van der Waals surface area (Å²) in [5, 5.41) is 4.17. The molecule has 0 atom stereocenters. The average Bonchev–Trinajstić information content (AvgIpc) is 3.28. The highest BCUT2D eigenvalue weighted by Crippen LogP contribution is 2.30. The van der Waals surface area contributed by atoms with E-state index in [4.69, 9.17) is 16.3 Å². The lowest BCUT2D eigenvalue weighted by Crippen LogP contribution is -2.44. The van der Waals surface area contributed by atoms with Gasteiger partial charge in [-0.05, 0) is 48.9 Å². The van der Waals surface area contributed by atoms with E-state index in [2.05, 4.69) is 22.3 Å². The number of ether oxygens (including phenoxy) is 1. The summed E-state index contributed by atoms with van der Waals surface area (Å²) in [4.78, 5) is 2.50. The first kappa shape index (κ1) is 14.2. The molecule has 0 aromatic heterocycles. The van der Waals surface area contributed by atoms with Gasteiger partial charge in [0.15, 0.2) is 0 Å². The van der Waals surface area contributed by atoms with Crippen molar-refractivity contribution in [2.45, 2.75) is 19.3 Å². The highest BCUT2D eigenvalue weighted by Gasteiger charge is 2.22. The Labute approximate surface area is 126 Å². The maximum absolute atomic E-state index is 6.20. The molecule has 0 unspecified atom stereocenters. The van der Waals surface area contributed by atoms with Crippen LogP contribution in [0.2, 0.25) is 5.02 Å². The van der Waals surface area contributed by atoms with E-state index in [-0.39, 0.29) is 0 Å². The minimum Gasteiger partial charge on any atom is -0.493 e. The van der Waals surface area contributed by atoms with Crippen LogP contribution in [0.4, 0.5) is 0 Å². The number of piperazine rings is 1. The molecule has 1 aromatic carbocycles. The number of rotatable bonds is 6. The number of nitrogens with zero attached hydrogens (tertiary/aromatic N) is 1. The Morgan fingerprint density at radius 2 is 2.00 bits per heavy atom. The quantitative estimate of drug-likeness (QED) is 0.873. The van der Waals surface area contributed by atoms with Crippen LogP contribution in [0.1, 0.15) is 18.4 Å². The molecule has 4 heteroatoms. The molecule has 0 spiro atoms. The molecule has 3 rings (SSSR count). The highest BCUT2D eigenvalue weighted by atomic mass is 35.5. The largest absolute Gasteiger partial charge is 0.493 e. The van der Waals surface area contributed by atoms with Gasteiger partial charge in [0, 0.05) is 37.7 Å². The molecule has 0 radical (unpaired) electrons. The zero-order valence-electron chi connectivity index (χ0n) is 11.9. The van der Waals surface area contributed by atoms with Crippen molar-refractivity contribution in [1.29, 1.82) is 0 Å². The Morgan fingerprint density at radius 1 is 1.20 bits per heavy atom. The molecule has 3 nitrogen and oxygen atoms in total. The Morgan fingerprint density at radius 3 is 2.75 bits per heavy atom. The molecular weight excluding hydrogens is 272 g/mol. The number of nitrogens with one attached hydrogen (secondary N) is 1. The summed E-state index contributed by atoms with van der Waals surface area (Å²) in [6.07, 6.45) is 3.67. The predicted molar refractivity (Wildman–Crippen MR) is 82.7 cm³/mol. The lowest BCUT2D eigenvalue weighted by molar-refractivity contribution is 0.243. The molecule has 1 heterocycles. The van der Waals surface area contributed by atoms with Gasteiger partial charge in [-0.25, -0.2) is 0 Å². The second-order valence-corrected chi connectivity index (χ2v) is 6.33. The Balaban J connectivity index is 1.53. The van der Waals surface area contributed by atoms with Gasteiger partial charge in [-0.15, -0.1) is 0 Å². The van der Waals surface area contributed by atoms with Crippen molar-refractivity contribution in [3.8, 4) is 5.75 Å². The van der Waals surface area contributed by atoms with Crippen LogP contribution < -0.4 is 10.1 Å². The number of halogens is 1. The molecule has 1 aliphatic carbocycles. The molecular formula is C16H23ClN2O. The van der Waals surface area contributed by atoms with E-state index < -0.39 is 0 Å². The lowest BCUT2D eigenvalue weighted by atomic mass is 10.1. The molecule has 0 bridgehead atoms. The number of benzene rings is 1. The van der Waals surface area contributed by atoms with Gasteiger partial charge < -0.3 is 15.0 Å². The van der Waals surface area contributed by atoms with Gasteiger partial charge in [0.25, 0.3) is 0 Å². The van der Waals surface area contributed by atoms with Gasteiger partial charge in [-0.3, -0.25) is 0 Å². The summed E-state index contributed by atoms with van der Waals surface area (Å²) in [6, 6.07) is 6.14. The first-order chi connectivity index (χ1) is 9.79. The summed E-state index contributed by atoms with van der Waals surface area (Å²) in [7, 11) is 0. The highest BCUT2D eigenvalue weighted by molar-refractivity contribution is 6.30. The smallest absolute Gasteiger partial charge is 0.121 e. The van der Waals surface area contributed by atoms with Gasteiger partial charge in [0.05, 0.1) is 6.61 Å². The summed E-state index contributed by atoms with van der Waals surface area (Å²) in [5.74, 6) is 1.71. The fourth-order valence-corrected chi connectivity index (χ4v) is 2.82. The first-order valence-electron chi connectivity index (χ1n) is 7.65. The summed E-state index contributed by atoms with van der Waals surface area (Å²) in [6.45, 7) is 6.44. The van der Waals surface area contributed by atoms with Crippen LogP contribution in [0.3, 0.4) is 0 Å². The van der Waals surface area contributed by atoms with Crippen molar-refractivity contribution < 1.29 is 4.74 Å². The molecule has 1 N–H and O–H groups in total. The third-order valence-electron chi connectivity index (χ3n) is 4.04. The maximum atomic E-state index is 6.20. The third-order valence-corrected chi connectivity index (χ3v) is 4.26. The third kappa shape index (κ3) is 4.37. The van der Waals surface area contributed by atoms with Crippen LogP contribution in [0, 0.1) is 5.92 Å². The second kappa shape index (κ2) is 6.79. The fraction of sp³-hybridized carbons (Fsp3) is 0.625. The van der Waals surface area contributed by atoms with E-state index >= 15 is 0 Å². The van der Waals surface area contributed by atoms with Crippen LogP contribution in [-0.4, -0.2) is 44.2 Å². The minimum absolute atomic E-state index is 0.776. The Kier molecular flexibility index (Phi) is 4.81. The van der Waals surface area contributed by atoms with Crippen molar-refractivity contribution in [2.75, 3.05) is 39.3 Å². The van der Waals surface area contributed by atoms with E-state index in [1.807, 2.05) is 6.07 Å². The van der Waals surface area contributed by atoms with Crippen LogP contribution in [0.25, 0.3) is 0 Å². The molecule has 1 aromatic rings. The van der Waals surface area contributed by atoms with Crippen LogP contribution in [0.5, 0.6) is 5.75 Å². The molecule has 1 saturated heterocycles. The van der Waals surface area contributed by atoms with Gasteiger partial charge in [-0.1, -0.05) is 11.6 Å². The van der Waals surface area contributed by atoms with Gasteiger partial charge in [-0.2, -0.15) is 0 Å². The van der Waals surface area contributed by atoms with Crippen LogP contribution in [0.15, 0.2) is 18.2 Å². The molecule has 2 fully saturated rings. The van der Waals surface area contributed by atoms with Crippen molar-refractivity contribution in [3.63, 3.8) is 0 Å². The van der Waals surface area contributed by atoms with Gasteiger partial charge in [0.2, 0.25) is 0 Å². The van der Waals surface area contributed by atoms with Gasteiger partial charge in [0.1, 0.15) is 5.75 Å². The fourth-order valence-electron chi connectivity index (χ4n) is 2.57. The molecule has 110 valence electrons. The lowest BCUT2D eigenvalue weighted by Gasteiger charge is -2.27. The second-order valence-electron chi connectivity index (χ2n) is 5.89.